The molecule has 0 bridgehead atoms. The van der Waals surface area contributed by atoms with Gasteiger partial charge < -0.3 is 19.4 Å². The molecule has 0 spiro atoms. The van der Waals surface area contributed by atoms with Crippen LogP contribution in [0.3, 0.4) is 0 Å². The van der Waals surface area contributed by atoms with Gasteiger partial charge in [0, 0.05) is 38.1 Å². The minimum absolute atomic E-state index is 0.112. The summed E-state index contributed by atoms with van der Waals surface area (Å²) in [5, 5.41) is 1.17. The molecule has 8 heteroatoms. The number of hydrogen-bond acceptors (Lipinski definition) is 6. The van der Waals surface area contributed by atoms with E-state index < -0.39 is 0 Å². The van der Waals surface area contributed by atoms with E-state index >= 15 is 0 Å². The van der Waals surface area contributed by atoms with Crippen LogP contribution in [0.2, 0.25) is 0 Å². The molecule has 0 N–H and O–H groups in total. The molecule has 2 aromatic heterocycles. The van der Waals surface area contributed by atoms with Crippen molar-refractivity contribution in [3.63, 3.8) is 0 Å². The monoisotopic (exact) mass is 389 g/mol. The Balaban J connectivity index is 1.54. The Kier molecular flexibility index (Phi) is 5.19. The summed E-state index contributed by atoms with van der Waals surface area (Å²) in [5.41, 5.74) is 1.27. The fourth-order valence-corrected chi connectivity index (χ4v) is 4.99. The van der Waals surface area contributed by atoms with E-state index in [1.807, 2.05) is 16.8 Å². The number of rotatable bonds is 2. The summed E-state index contributed by atoms with van der Waals surface area (Å²) in [6.07, 6.45) is 3.75. The molecule has 2 aromatic rings. The van der Waals surface area contributed by atoms with Gasteiger partial charge in [-0.15, -0.1) is 11.3 Å². The van der Waals surface area contributed by atoms with Crippen LogP contribution in [0.15, 0.2) is 6.33 Å². The Hall–Kier alpha value is -1.93. The van der Waals surface area contributed by atoms with Crippen molar-refractivity contribution in [1.82, 2.24) is 19.8 Å². The number of anilines is 1. The van der Waals surface area contributed by atoms with Gasteiger partial charge in [0.2, 0.25) is 0 Å². The molecular weight excluding hydrogens is 362 g/mol. The van der Waals surface area contributed by atoms with Gasteiger partial charge in [0.25, 0.3) is 0 Å². The van der Waals surface area contributed by atoms with Crippen molar-refractivity contribution >= 4 is 33.4 Å². The van der Waals surface area contributed by atoms with E-state index in [1.54, 1.807) is 17.7 Å². The van der Waals surface area contributed by atoms with Gasteiger partial charge in [-0.3, -0.25) is 0 Å². The first kappa shape index (κ1) is 18.4. The van der Waals surface area contributed by atoms with Crippen LogP contribution in [0.1, 0.15) is 23.3 Å². The standard InChI is InChI=1S/C19H27N5O2S/c1-13-14(2)27-18-16(13)17(20-12-21-18)24-6-4-5-15(11-24)22(3)19(25)23-7-9-26-10-8-23/h12,15H,4-11H2,1-3H3. The molecule has 2 amide bonds. The van der Waals surface area contributed by atoms with Gasteiger partial charge in [0.15, 0.2) is 0 Å². The molecule has 1 unspecified atom stereocenters. The Bertz CT molecular complexity index is 833. The van der Waals surface area contributed by atoms with E-state index in [1.165, 1.54) is 15.8 Å². The molecule has 27 heavy (non-hydrogen) atoms. The normalized spacial score (nSPS) is 20.9. The molecule has 2 aliphatic rings. The lowest BCUT2D eigenvalue weighted by Crippen LogP contribution is -2.54. The van der Waals surface area contributed by atoms with Gasteiger partial charge in [-0.05, 0) is 32.3 Å². The lowest BCUT2D eigenvalue weighted by molar-refractivity contribution is 0.0414. The molecule has 0 radical (unpaired) electrons. The van der Waals surface area contributed by atoms with Crippen LogP contribution in [0.4, 0.5) is 10.6 Å². The lowest BCUT2D eigenvalue weighted by Gasteiger charge is -2.40. The lowest BCUT2D eigenvalue weighted by atomic mass is 10.0. The second kappa shape index (κ2) is 7.59. The van der Waals surface area contributed by atoms with Crippen molar-refractivity contribution in [2.75, 3.05) is 51.3 Å². The van der Waals surface area contributed by atoms with E-state index in [-0.39, 0.29) is 12.1 Å². The average molecular weight is 390 g/mol. The molecule has 146 valence electrons. The predicted molar refractivity (Wildman–Crippen MR) is 108 cm³/mol. The highest BCUT2D eigenvalue weighted by Crippen LogP contribution is 2.35. The third-order valence-electron chi connectivity index (χ3n) is 5.77. The zero-order valence-electron chi connectivity index (χ0n) is 16.3. The first-order chi connectivity index (χ1) is 13.1. The summed E-state index contributed by atoms with van der Waals surface area (Å²) in [7, 11) is 1.93. The van der Waals surface area contributed by atoms with E-state index in [2.05, 4.69) is 28.7 Å². The zero-order chi connectivity index (χ0) is 19.0. The summed E-state index contributed by atoms with van der Waals surface area (Å²) >= 11 is 1.73. The first-order valence-electron chi connectivity index (χ1n) is 9.61. The number of amides is 2. The Labute approximate surface area is 163 Å². The molecule has 1 atom stereocenters. The second-order valence-corrected chi connectivity index (χ2v) is 8.60. The van der Waals surface area contributed by atoms with E-state index in [0.717, 1.165) is 36.6 Å². The molecular formula is C19H27N5O2S. The fourth-order valence-electron chi connectivity index (χ4n) is 4.00. The number of likely N-dealkylation sites (N-methyl/N-ethyl adjacent to an activating group) is 1. The number of nitrogens with zero attached hydrogens (tertiary/aromatic N) is 5. The summed E-state index contributed by atoms with van der Waals surface area (Å²) in [6, 6.07) is 0.305. The highest BCUT2D eigenvalue weighted by Gasteiger charge is 2.31. The highest BCUT2D eigenvalue weighted by molar-refractivity contribution is 7.18. The van der Waals surface area contributed by atoms with Crippen molar-refractivity contribution < 1.29 is 9.53 Å². The van der Waals surface area contributed by atoms with Gasteiger partial charge in [-0.1, -0.05) is 0 Å². The maximum atomic E-state index is 12.9. The van der Waals surface area contributed by atoms with Crippen LogP contribution in [-0.2, 0) is 4.74 Å². The van der Waals surface area contributed by atoms with Crippen molar-refractivity contribution in [1.29, 1.82) is 0 Å². The predicted octanol–water partition coefficient (Wildman–Crippen LogP) is 2.66. The van der Waals surface area contributed by atoms with Crippen LogP contribution < -0.4 is 4.90 Å². The smallest absolute Gasteiger partial charge is 0.320 e. The SMILES string of the molecule is Cc1sc2ncnc(N3CCCC(N(C)C(=O)N4CCOCC4)C3)c2c1C. The molecule has 4 heterocycles. The van der Waals surface area contributed by atoms with Crippen molar-refractivity contribution in [3.05, 3.63) is 16.8 Å². The van der Waals surface area contributed by atoms with Gasteiger partial charge in [-0.2, -0.15) is 0 Å². The van der Waals surface area contributed by atoms with Crippen molar-refractivity contribution in [2.45, 2.75) is 32.7 Å². The molecule has 2 fully saturated rings. The molecule has 2 saturated heterocycles. The molecule has 0 aliphatic carbocycles. The molecule has 4 rings (SSSR count). The van der Waals surface area contributed by atoms with Crippen LogP contribution in [-0.4, -0.2) is 78.3 Å². The van der Waals surface area contributed by atoms with Crippen LogP contribution in [0.5, 0.6) is 0 Å². The number of piperidine rings is 1. The van der Waals surface area contributed by atoms with E-state index in [9.17, 15) is 4.79 Å². The van der Waals surface area contributed by atoms with Gasteiger partial charge in [-0.25, -0.2) is 14.8 Å². The third kappa shape index (κ3) is 3.48. The van der Waals surface area contributed by atoms with Crippen LogP contribution in [0.25, 0.3) is 10.2 Å². The Morgan fingerprint density at radius 3 is 2.81 bits per heavy atom. The quantitative estimate of drug-likeness (QED) is 0.790. The average Bonchev–Trinajstić information content (AvgIpc) is 3.01. The van der Waals surface area contributed by atoms with Gasteiger partial charge in [0.1, 0.15) is 17.0 Å². The zero-order valence-corrected chi connectivity index (χ0v) is 17.1. The number of carbonyl (C=O) groups is 1. The number of carbonyl (C=O) groups excluding carboxylic acids is 1. The van der Waals surface area contributed by atoms with Crippen LogP contribution in [0, 0.1) is 13.8 Å². The summed E-state index contributed by atoms with van der Waals surface area (Å²) in [5.74, 6) is 1.01. The third-order valence-corrected chi connectivity index (χ3v) is 6.89. The minimum Gasteiger partial charge on any atom is -0.378 e. The highest BCUT2D eigenvalue weighted by atomic mass is 32.1. The summed E-state index contributed by atoms with van der Waals surface area (Å²) in [6.45, 7) is 8.69. The van der Waals surface area contributed by atoms with E-state index in [0.29, 0.717) is 26.3 Å². The number of aromatic nitrogens is 2. The largest absolute Gasteiger partial charge is 0.378 e. The summed E-state index contributed by atoms with van der Waals surface area (Å²) < 4.78 is 5.37. The number of hydrogen-bond donors (Lipinski definition) is 0. The maximum Gasteiger partial charge on any atom is 0.320 e. The van der Waals surface area contributed by atoms with Gasteiger partial charge in [0.05, 0.1) is 24.6 Å². The number of fused-ring (bicyclic) bond motifs is 1. The minimum atomic E-state index is 0.112. The number of aryl methyl sites for hydroxylation is 2. The number of urea groups is 1. The fraction of sp³-hybridized carbons (Fsp3) is 0.632. The Morgan fingerprint density at radius 1 is 1.26 bits per heavy atom. The molecule has 0 saturated carbocycles. The van der Waals surface area contributed by atoms with Gasteiger partial charge >= 0.3 is 6.03 Å². The van der Waals surface area contributed by atoms with Crippen molar-refractivity contribution in [2.24, 2.45) is 0 Å². The molecule has 2 aliphatic heterocycles. The maximum absolute atomic E-state index is 12.9. The first-order valence-corrected chi connectivity index (χ1v) is 10.4. The van der Waals surface area contributed by atoms with Crippen molar-refractivity contribution in [3.8, 4) is 0 Å². The Morgan fingerprint density at radius 2 is 2.04 bits per heavy atom. The van der Waals surface area contributed by atoms with Crippen LogP contribution >= 0.6 is 11.3 Å². The number of ether oxygens (including phenoxy) is 1. The topological polar surface area (TPSA) is 61.8 Å². The number of morpholine rings is 1. The number of thiophene rings is 1. The molecule has 0 aromatic carbocycles. The summed E-state index contributed by atoms with van der Waals surface area (Å²) in [4.78, 5) is 30.4. The molecule has 7 nitrogen and oxygen atoms in total. The second-order valence-electron chi connectivity index (χ2n) is 7.40. The van der Waals surface area contributed by atoms with E-state index in [4.69, 9.17) is 4.74 Å².